The number of thiophene rings is 1. The van der Waals surface area contributed by atoms with Gasteiger partial charge in [0.2, 0.25) is 0 Å². The first-order chi connectivity index (χ1) is 10.1. The first-order valence-corrected chi connectivity index (χ1v) is 7.65. The fraction of sp³-hybridized carbons (Fsp3) is 0.118. The van der Waals surface area contributed by atoms with Gasteiger partial charge in [0.1, 0.15) is 0 Å². The number of carbonyl (C=O) groups excluding carboxylic acids is 1. The predicted octanol–water partition coefficient (Wildman–Crippen LogP) is 3.97. The number of nitrogens with one attached hydrogen (secondary N) is 1. The topological polar surface area (TPSA) is 55.1 Å². The summed E-state index contributed by atoms with van der Waals surface area (Å²) in [5.74, 6) is -0.140. The maximum Gasteiger partial charge on any atom is 0.253 e. The lowest BCUT2D eigenvalue weighted by Crippen LogP contribution is -2.26. The van der Waals surface area contributed by atoms with E-state index in [1.165, 1.54) is 0 Å². The van der Waals surface area contributed by atoms with E-state index in [0.29, 0.717) is 11.3 Å². The second kappa shape index (κ2) is 5.58. The summed E-state index contributed by atoms with van der Waals surface area (Å²) < 4.78 is 0. The second-order valence-corrected chi connectivity index (χ2v) is 5.98. The van der Waals surface area contributed by atoms with Gasteiger partial charge in [-0.15, -0.1) is 11.3 Å². The van der Waals surface area contributed by atoms with Crippen molar-refractivity contribution in [2.24, 2.45) is 0 Å². The van der Waals surface area contributed by atoms with Crippen molar-refractivity contribution in [2.45, 2.75) is 13.0 Å². The van der Waals surface area contributed by atoms with E-state index in [9.17, 15) is 4.79 Å². The first-order valence-electron chi connectivity index (χ1n) is 6.77. The van der Waals surface area contributed by atoms with Gasteiger partial charge in [-0.3, -0.25) is 4.79 Å². The molecule has 0 aliphatic heterocycles. The number of rotatable bonds is 3. The number of benzene rings is 2. The van der Waals surface area contributed by atoms with Crippen LogP contribution in [0.2, 0.25) is 0 Å². The van der Waals surface area contributed by atoms with Crippen molar-refractivity contribution < 1.29 is 4.79 Å². The van der Waals surface area contributed by atoms with Crippen LogP contribution >= 0.6 is 11.3 Å². The van der Waals surface area contributed by atoms with Crippen molar-refractivity contribution in [1.82, 2.24) is 5.32 Å². The molecule has 0 saturated carbocycles. The van der Waals surface area contributed by atoms with Crippen molar-refractivity contribution in [3.8, 4) is 0 Å². The van der Waals surface area contributed by atoms with Crippen molar-refractivity contribution in [3.05, 3.63) is 64.4 Å². The number of hydrogen-bond acceptors (Lipinski definition) is 3. The summed E-state index contributed by atoms with van der Waals surface area (Å²) in [6.07, 6.45) is 0. The zero-order chi connectivity index (χ0) is 14.8. The molecule has 4 heteroatoms. The van der Waals surface area contributed by atoms with Gasteiger partial charge < -0.3 is 11.1 Å². The minimum absolute atomic E-state index is 0.0247. The van der Waals surface area contributed by atoms with Crippen molar-refractivity contribution in [1.29, 1.82) is 0 Å². The summed E-state index contributed by atoms with van der Waals surface area (Å²) in [6, 6.07) is 15.5. The van der Waals surface area contributed by atoms with Gasteiger partial charge in [-0.05, 0) is 41.3 Å². The molecule has 1 heterocycles. The summed E-state index contributed by atoms with van der Waals surface area (Å²) in [5.41, 5.74) is 7.05. The average molecular weight is 296 g/mol. The first kappa shape index (κ1) is 13.6. The van der Waals surface area contributed by atoms with Crippen LogP contribution in [0.15, 0.2) is 53.9 Å². The monoisotopic (exact) mass is 296 g/mol. The summed E-state index contributed by atoms with van der Waals surface area (Å²) in [7, 11) is 0. The Morgan fingerprint density at radius 2 is 1.86 bits per heavy atom. The molecule has 0 aliphatic rings. The Labute approximate surface area is 127 Å². The van der Waals surface area contributed by atoms with E-state index in [2.05, 4.69) is 5.32 Å². The van der Waals surface area contributed by atoms with E-state index in [1.807, 2.05) is 60.8 Å². The molecule has 1 amide bonds. The molecule has 0 bridgehead atoms. The van der Waals surface area contributed by atoms with Crippen LogP contribution in [0.1, 0.15) is 28.2 Å². The van der Waals surface area contributed by atoms with Gasteiger partial charge in [0.25, 0.3) is 5.91 Å². The Hall–Kier alpha value is -2.33. The minimum Gasteiger partial charge on any atom is -0.398 e. The third kappa shape index (κ3) is 2.76. The smallest absolute Gasteiger partial charge is 0.253 e. The van der Waals surface area contributed by atoms with Crippen molar-refractivity contribution >= 4 is 33.7 Å². The molecule has 1 atom stereocenters. The Morgan fingerprint density at radius 1 is 1.14 bits per heavy atom. The van der Waals surface area contributed by atoms with E-state index in [0.717, 1.165) is 15.6 Å². The third-order valence-corrected chi connectivity index (χ3v) is 4.54. The van der Waals surface area contributed by atoms with Gasteiger partial charge in [-0.1, -0.05) is 30.3 Å². The molecule has 3 N–H and O–H groups in total. The Bertz CT molecular complexity index is 781. The fourth-order valence-corrected chi connectivity index (χ4v) is 3.07. The predicted molar refractivity (Wildman–Crippen MR) is 88.6 cm³/mol. The SMILES string of the molecule is CC(NC(=O)c1cc2ccccc2cc1N)c1cccs1. The molecule has 0 fully saturated rings. The zero-order valence-electron chi connectivity index (χ0n) is 11.7. The fourth-order valence-electron chi connectivity index (χ4n) is 2.34. The lowest BCUT2D eigenvalue weighted by atomic mass is 10.0. The van der Waals surface area contributed by atoms with Crippen LogP contribution in [-0.4, -0.2) is 5.91 Å². The van der Waals surface area contributed by atoms with Crippen LogP contribution in [0.5, 0.6) is 0 Å². The molecule has 106 valence electrons. The molecule has 1 unspecified atom stereocenters. The second-order valence-electron chi connectivity index (χ2n) is 5.00. The van der Waals surface area contributed by atoms with Gasteiger partial charge in [-0.2, -0.15) is 0 Å². The molecule has 3 aromatic rings. The molecule has 0 radical (unpaired) electrons. The minimum atomic E-state index is -0.140. The molecule has 1 aromatic heterocycles. The molecule has 3 rings (SSSR count). The number of nitrogen functional groups attached to an aromatic ring is 1. The summed E-state index contributed by atoms with van der Waals surface area (Å²) in [6.45, 7) is 1.97. The Balaban J connectivity index is 1.89. The average Bonchev–Trinajstić information content (AvgIpc) is 3.00. The number of anilines is 1. The van der Waals surface area contributed by atoms with Crippen LogP contribution in [0.3, 0.4) is 0 Å². The van der Waals surface area contributed by atoms with Crippen LogP contribution in [0.25, 0.3) is 10.8 Å². The van der Waals surface area contributed by atoms with E-state index >= 15 is 0 Å². The highest BCUT2D eigenvalue weighted by atomic mass is 32.1. The van der Waals surface area contributed by atoms with E-state index < -0.39 is 0 Å². The molecule has 3 nitrogen and oxygen atoms in total. The summed E-state index contributed by atoms with van der Waals surface area (Å²) >= 11 is 1.63. The van der Waals surface area contributed by atoms with Gasteiger partial charge in [0, 0.05) is 10.6 Å². The highest BCUT2D eigenvalue weighted by molar-refractivity contribution is 7.10. The molecule has 2 aromatic carbocycles. The molecular formula is C17H16N2OS. The van der Waals surface area contributed by atoms with Crippen LogP contribution in [-0.2, 0) is 0 Å². The van der Waals surface area contributed by atoms with Gasteiger partial charge in [0.05, 0.1) is 11.6 Å². The summed E-state index contributed by atoms with van der Waals surface area (Å²) in [4.78, 5) is 13.6. The normalized spacial score (nSPS) is 12.2. The maximum atomic E-state index is 12.4. The lowest BCUT2D eigenvalue weighted by Gasteiger charge is -2.14. The van der Waals surface area contributed by atoms with Crippen molar-refractivity contribution in [2.75, 3.05) is 5.73 Å². The molecule has 0 aliphatic carbocycles. The molecular weight excluding hydrogens is 280 g/mol. The zero-order valence-corrected chi connectivity index (χ0v) is 12.5. The van der Waals surface area contributed by atoms with E-state index in [4.69, 9.17) is 5.73 Å². The van der Waals surface area contributed by atoms with Gasteiger partial charge >= 0.3 is 0 Å². The molecule has 21 heavy (non-hydrogen) atoms. The van der Waals surface area contributed by atoms with Gasteiger partial charge in [0.15, 0.2) is 0 Å². The number of amides is 1. The lowest BCUT2D eigenvalue weighted by molar-refractivity contribution is 0.0941. The van der Waals surface area contributed by atoms with E-state index in [-0.39, 0.29) is 11.9 Å². The Kier molecular flexibility index (Phi) is 3.62. The number of hydrogen-bond donors (Lipinski definition) is 2. The Morgan fingerprint density at radius 3 is 2.52 bits per heavy atom. The number of carbonyl (C=O) groups is 1. The van der Waals surface area contributed by atoms with Crippen LogP contribution < -0.4 is 11.1 Å². The van der Waals surface area contributed by atoms with Crippen molar-refractivity contribution in [3.63, 3.8) is 0 Å². The number of fused-ring (bicyclic) bond motifs is 1. The highest BCUT2D eigenvalue weighted by Gasteiger charge is 2.15. The molecule has 0 spiro atoms. The number of nitrogens with two attached hydrogens (primary N) is 1. The van der Waals surface area contributed by atoms with Crippen LogP contribution in [0.4, 0.5) is 5.69 Å². The highest BCUT2D eigenvalue weighted by Crippen LogP contribution is 2.23. The third-order valence-electron chi connectivity index (χ3n) is 3.48. The maximum absolute atomic E-state index is 12.4. The quantitative estimate of drug-likeness (QED) is 0.718. The largest absolute Gasteiger partial charge is 0.398 e. The molecule has 0 saturated heterocycles. The van der Waals surface area contributed by atoms with E-state index in [1.54, 1.807) is 11.3 Å². The summed E-state index contributed by atoms with van der Waals surface area (Å²) in [5, 5.41) is 7.05. The van der Waals surface area contributed by atoms with Crippen LogP contribution in [0, 0.1) is 0 Å². The van der Waals surface area contributed by atoms with Gasteiger partial charge in [-0.25, -0.2) is 0 Å². The standard InChI is InChI=1S/C17H16N2OS/c1-11(16-7-4-8-21-16)19-17(20)14-9-12-5-2-3-6-13(12)10-15(14)18/h2-11H,18H2,1H3,(H,19,20).